The highest BCUT2D eigenvalue weighted by molar-refractivity contribution is 6.00. The minimum absolute atomic E-state index is 0.156. The fourth-order valence-corrected chi connectivity index (χ4v) is 2.88. The summed E-state index contributed by atoms with van der Waals surface area (Å²) in [7, 11) is 1.82. The number of primary amides is 1. The Bertz CT molecular complexity index is 997. The van der Waals surface area contributed by atoms with Gasteiger partial charge in [-0.05, 0) is 37.6 Å². The number of hydrogen-bond donors (Lipinski definition) is 2. The molecule has 0 radical (unpaired) electrons. The summed E-state index contributed by atoms with van der Waals surface area (Å²) in [6, 6.07) is 1.76. The molecule has 0 saturated carbocycles. The Kier molecular flexibility index (Phi) is 5.81. The zero-order chi connectivity index (χ0) is 21.1. The van der Waals surface area contributed by atoms with Crippen LogP contribution in [0.1, 0.15) is 24.2 Å². The number of nitrogens with zero attached hydrogens (tertiary/aromatic N) is 4. The molecule has 2 bridgehead atoms. The first-order valence-electron chi connectivity index (χ1n) is 9.08. The van der Waals surface area contributed by atoms with Gasteiger partial charge >= 0.3 is 0 Å². The average Bonchev–Trinajstić information content (AvgIpc) is 3.09. The van der Waals surface area contributed by atoms with Gasteiger partial charge in [0, 0.05) is 19.8 Å². The minimum atomic E-state index is -1.20. The van der Waals surface area contributed by atoms with Crippen molar-refractivity contribution >= 4 is 23.3 Å². The number of hydrogen-bond acceptors (Lipinski definition) is 6. The van der Waals surface area contributed by atoms with E-state index in [-0.39, 0.29) is 12.1 Å². The summed E-state index contributed by atoms with van der Waals surface area (Å²) in [5.41, 5.74) is 6.83. The van der Waals surface area contributed by atoms with Crippen LogP contribution in [0.25, 0.3) is 5.65 Å². The summed E-state index contributed by atoms with van der Waals surface area (Å²) in [6.07, 6.45) is 3.57. The molecule has 0 fully saturated rings. The smallest absolute Gasteiger partial charge is 0.260 e. The van der Waals surface area contributed by atoms with Crippen LogP contribution in [0.4, 0.5) is 10.2 Å². The summed E-state index contributed by atoms with van der Waals surface area (Å²) < 4.78 is 20.6. The highest BCUT2D eigenvalue weighted by Crippen LogP contribution is 2.19. The fraction of sp³-hybridized carbons (Fsp3) is 0.368. The molecule has 1 aliphatic heterocycles. The Hall–Kier alpha value is -3.43. The van der Waals surface area contributed by atoms with Crippen LogP contribution in [0.15, 0.2) is 41.9 Å². The molecule has 0 aliphatic carbocycles. The van der Waals surface area contributed by atoms with Crippen LogP contribution < -0.4 is 16.0 Å². The lowest BCUT2D eigenvalue weighted by Crippen LogP contribution is -2.41. The van der Waals surface area contributed by atoms with Gasteiger partial charge in [-0.25, -0.2) is 13.9 Å². The van der Waals surface area contributed by atoms with Gasteiger partial charge in [-0.2, -0.15) is 5.10 Å². The number of nitrogens with one attached hydrogen (secondary N) is 1. The van der Waals surface area contributed by atoms with E-state index >= 15 is 0 Å². The maximum Gasteiger partial charge on any atom is 0.260 e. The van der Waals surface area contributed by atoms with Gasteiger partial charge in [-0.3, -0.25) is 9.59 Å². The molecule has 2 aromatic heterocycles. The van der Waals surface area contributed by atoms with Crippen molar-refractivity contribution in [2.45, 2.75) is 26.1 Å². The second-order valence-electron chi connectivity index (χ2n) is 6.87. The van der Waals surface area contributed by atoms with Crippen LogP contribution in [-0.4, -0.2) is 58.8 Å². The maximum absolute atomic E-state index is 13.3. The van der Waals surface area contributed by atoms with E-state index in [2.05, 4.69) is 15.4 Å². The number of alkyl halides is 1. The van der Waals surface area contributed by atoms with Gasteiger partial charge in [0.25, 0.3) is 11.8 Å². The molecule has 1 aliphatic rings. The maximum atomic E-state index is 13.3. The molecule has 3 N–H and O–H groups in total. The first-order chi connectivity index (χ1) is 13.8. The lowest BCUT2D eigenvalue weighted by molar-refractivity contribution is -0.126. The monoisotopic (exact) mass is 402 g/mol. The standard InChI is InChI=1S/C19H23FN6O3/c1-11-10-25(3)16-6-7-26-18(24-16)13(8-23-26)19(28)22-9-15(17(21)27)29-14(11)5-4-12(2)20/h4-8,12,15H,9-10H2,1-3H3,(H2,21,27)(H,22,28)/b5-4-,14-11-. The van der Waals surface area contributed by atoms with E-state index < -0.39 is 24.1 Å². The number of halogens is 1. The van der Waals surface area contributed by atoms with Crippen molar-refractivity contribution in [3.05, 3.63) is 47.5 Å². The molecule has 2 amide bonds. The second kappa shape index (κ2) is 8.29. The number of carbonyl (C=O) groups is 2. The van der Waals surface area contributed by atoms with Crippen LogP contribution >= 0.6 is 0 Å². The van der Waals surface area contributed by atoms with Crippen LogP contribution in [0, 0.1) is 0 Å². The molecular formula is C19H23FN6O3. The van der Waals surface area contributed by atoms with E-state index in [1.54, 1.807) is 19.2 Å². The molecule has 29 heavy (non-hydrogen) atoms. The lowest BCUT2D eigenvalue weighted by Gasteiger charge is -2.22. The van der Waals surface area contributed by atoms with Gasteiger partial charge in [0.05, 0.1) is 12.7 Å². The van der Waals surface area contributed by atoms with Crippen LogP contribution in [0.2, 0.25) is 0 Å². The van der Waals surface area contributed by atoms with Crippen LogP contribution in [-0.2, 0) is 9.53 Å². The van der Waals surface area contributed by atoms with E-state index in [0.29, 0.717) is 23.8 Å². The van der Waals surface area contributed by atoms with Crippen molar-refractivity contribution in [2.24, 2.45) is 5.73 Å². The molecule has 3 heterocycles. The van der Waals surface area contributed by atoms with E-state index in [1.807, 2.05) is 11.9 Å². The van der Waals surface area contributed by atoms with E-state index in [1.165, 1.54) is 29.8 Å². The first kappa shape index (κ1) is 20.3. The van der Waals surface area contributed by atoms with Gasteiger partial charge in [-0.15, -0.1) is 0 Å². The van der Waals surface area contributed by atoms with Gasteiger partial charge < -0.3 is 20.7 Å². The third kappa shape index (κ3) is 4.53. The highest BCUT2D eigenvalue weighted by atomic mass is 19.1. The van der Waals surface area contributed by atoms with Crippen molar-refractivity contribution in [2.75, 3.05) is 25.0 Å². The van der Waals surface area contributed by atoms with Gasteiger partial charge in [0.15, 0.2) is 11.8 Å². The van der Waals surface area contributed by atoms with Crippen LogP contribution in [0.5, 0.6) is 0 Å². The average molecular weight is 402 g/mol. The Balaban J connectivity index is 2.08. The number of allylic oxidation sites excluding steroid dienone is 2. The largest absolute Gasteiger partial charge is 0.479 e. The molecule has 154 valence electrons. The molecule has 3 rings (SSSR count). The Morgan fingerprint density at radius 2 is 2.28 bits per heavy atom. The van der Waals surface area contributed by atoms with E-state index in [9.17, 15) is 14.0 Å². The topological polar surface area (TPSA) is 115 Å². The third-order valence-corrected chi connectivity index (χ3v) is 4.43. The lowest BCUT2D eigenvalue weighted by atomic mass is 10.2. The molecule has 0 spiro atoms. The number of rotatable bonds is 3. The number of aromatic nitrogens is 3. The van der Waals surface area contributed by atoms with E-state index in [4.69, 9.17) is 10.5 Å². The van der Waals surface area contributed by atoms with Crippen molar-refractivity contribution in [3.8, 4) is 0 Å². The van der Waals surface area contributed by atoms with Gasteiger partial charge in [-0.1, -0.05) is 0 Å². The molecule has 2 aromatic rings. The summed E-state index contributed by atoms with van der Waals surface area (Å²) in [5.74, 6) is -0.294. The Morgan fingerprint density at radius 3 is 2.97 bits per heavy atom. The molecule has 0 saturated heterocycles. The predicted octanol–water partition coefficient (Wildman–Crippen LogP) is 0.968. The fourth-order valence-electron chi connectivity index (χ4n) is 2.88. The Labute approximate surface area is 167 Å². The highest BCUT2D eigenvalue weighted by Gasteiger charge is 2.23. The number of carbonyl (C=O) groups excluding carboxylic acids is 2. The number of amides is 2. The first-order valence-corrected chi connectivity index (χ1v) is 9.08. The van der Waals surface area contributed by atoms with Crippen molar-refractivity contribution < 1.29 is 18.7 Å². The molecule has 2 atom stereocenters. The normalized spacial score (nSPS) is 22.0. The number of ether oxygens (including phenoxy) is 1. The zero-order valence-electron chi connectivity index (χ0n) is 16.4. The van der Waals surface area contributed by atoms with Crippen molar-refractivity contribution in [1.29, 1.82) is 0 Å². The number of anilines is 1. The number of nitrogens with two attached hydrogens (primary N) is 1. The number of fused-ring (bicyclic) bond motifs is 1. The predicted molar refractivity (Wildman–Crippen MR) is 105 cm³/mol. The van der Waals surface area contributed by atoms with E-state index in [0.717, 1.165) is 5.57 Å². The minimum Gasteiger partial charge on any atom is -0.479 e. The van der Waals surface area contributed by atoms with Crippen molar-refractivity contribution in [3.63, 3.8) is 0 Å². The Morgan fingerprint density at radius 1 is 1.52 bits per heavy atom. The summed E-state index contributed by atoms with van der Waals surface area (Å²) in [6.45, 7) is 3.42. The molecular weight excluding hydrogens is 379 g/mol. The summed E-state index contributed by atoms with van der Waals surface area (Å²) in [5, 5.41) is 6.75. The zero-order valence-corrected chi connectivity index (χ0v) is 16.4. The third-order valence-electron chi connectivity index (χ3n) is 4.43. The molecule has 2 unspecified atom stereocenters. The quantitative estimate of drug-likeness (QED) is 0.791. The molecule has 10 heteroatoms. The molecule has 9 nitrogen and oxygen atoms in total. The summed E-state index contributed by atoms with van der Waals surface area (Å²) >= 11 is 0. The van der Waals surface area contributed by atoms with Crippen LogP contribution in [0.3, 0.4) is 0 Å². The SMILES string of the molecule is C/C1=C(\C=C/C(C)F)OC(C(N)=O)CNC(=O)c2cnn3ccc(nc23)N(C)C1. The summed E-state index contributed by atoms with van der Waals surface area (Å²) in [4.78, 5) is 30.9. The second-order valence-corrected chi connectivity index (χ2v) is 6.87. The number of likely N-dealkylation sites (N-methyl/N-ethyl adjacent to an activating group) is 1. The van der Waals surface area contributed by atoms with Gasteiger partial charge in [0.1, 0.15) is 23.3 Å². The van der Waals surface area contributed by atoms with Crippen molar-refractivity contribution in [1.82, 2.24) is 19.9 Å². The molecule has 0 aromatic carbocycles. The van der Waals surface area contributed by atoms with Gasteiger partial charge in [0.2, 0.25) is 0 Å².